The maximum absolute atomic E-state index is 14.3. The molecule has 5 fully saturated rings. The number of allylic oxidation sites excluding steroid dienone is 2. The summed E-state index contributed by atoms with van der Waals surface area (Å²) in [5.41, 5.74) is 0.661. The van der Waals surface area contributed by atoms with Crippen molar-refractivity contribution in [2.24, 2.45) is 35.5 Å². The lowest BCUT2D eigenvalue weighted by atomic mass is 9.66. The van der Waals surface area contributed by atoms with E-state index in [1.807, 2.05) is 18.7 Å². The molecule has 0 aromatic carbocycles. The SMILES string of the molecule is CC1CCCC(OC(=O)CN2CCOCC2)C(C)C(=O)C2=CC3C4CC(O[C@@H]5O[C@@H](C)[C@H](O)[C@@H](O)[C@H]5O)CC4CCC3C2CC(=O)O1. The van der Waals surface area contributed by atoms with Crippen LogP contribution in [0, 0.1) is 35.5 Å². The largest absolute Gasteiger partial charge is 0.463 e. The van der Waals surface area contributed by atoms with Crippen molar-refractivity contribution >= 4 is 17.7 Å². The second-order valence-electron chi connectivity index (χ2n) is 14.9. The first-order valence-corrected chi connectivity index (χ1v) is 17.8. The van der Waals surface area contributed by atoms with Gasteiger partial charge in [-0.05, 0) is 88.0 Å². The first-order valence-electron chi connectivity index (χ1n) is 17.8. The number of ketones is 1. The smallest absolute Gasteiger partial charge is 0.320 e. The van der Waals surface area contributed by atoms with Crippen LogP contribution >= 0.6 is 0 Å². The normalized spacial score (nSPS) is 45.0. The molecule has 2 saturated carbocycles. The van der Waals surface area contributed by atoms with Crippen molar-refractivity contribution in [2.45, 2.75) is 121 Å². The summed E-state index contributed by atoms with van der Waals surface area (Å²) >= 11 is 0. The summed E-state index contributed by atoms with van der Waals surface area (Å²) in [6.45, 7) is 8.05. The van der Waals surface area contributed by atoms with Gasteiger partial charge in [-0.1, -0.05) is 13.0 Å². The summed E-state index contributed by atoms with van der Waals surface area (Å²) in [5, 5.41) is 30.9. The number of rotatable bonds is 5. The number of cyclic esters (lactones) is 1. The summed E-state index contributed by atoms with van der Waals surface area (Å²) in [6, 6.07) is 0. The molecule has 47 heavy (non-hydrogen) atoms. The highest BCUT2D eigenvalue weighted by Gasteiger charge is 2.53. The predicted octanol–water partition coefficient (Wildman–Crippen LogP) is 1.76. The molecular formula is C35H53NO11. The number of Topliss-reactive ketones (excluding diaryl/α,β-unsaturated/α-hetero) is 1. The summed E-state index contributed by atoms with van der Waals surface area (Å²) < 4.78 is 29.2. The van der Waals surface area contributed by atoms with E-state index in [0.29, 0.717) is 63.5 Å². The summed E-state index contributed by atoms with van der Waals surface area (Å²) in [5.74, 6) is -0.716. The van der Waals surface area contributed by atoms with E-state index in [4.69, 9.17) is 23.7 Å². The zero-order chi connectivity index (χ0) is 33.4. The van der Waals surface area contributed by atoms with Gasteiger partial charge in [-0.2, -0.15) is 0 Å². The Hall–Kier alpha value is -1.93. The van der Waals surface area contributed by atoms with Crippen molar-refractivity contribution in [1.82, 2.24) is 4.90 Å². The molecule has 9 unspecified atom stereocenters. The van der Waals surface area contributed by atoms with Crippen LogP contribution in [0.2, 0.25) is 0 Å². The van der Waals surface area contributed by atoms with Gasteiger partial charge in [0, 0.05) is 19.0 Å². The van der Waals surface area contributed by atoms with Crippen molar-refractivity contribution in [3.63, 3.8) is 0 Å². The Morgan fingerprint density at radius 1 is 0.957 bits per heavy atom. The highest BCUT2D eigenvalue weighted by molar-refractivity contribution is 5.99. The van der Waals surface area contributed by atoms with Crippen LogP contribution in [0.4, 0.5) is 0 Å². The number of aliphatic hydroxyl groups excluding tert-OH is 3. The zero-order valence-corrected chi connectivity index (χ0v) is 27.9. The number of esters is 2. The van der Waals surface area contributed by atoms with Crippen molar-refractivity contribution < 1.29 is 53.4 Å². The number of fused-ring (bicyclic) bond motifs is 5. The third-order valence-electron chi connectivity index (χ3n) is 11.8. The molecule has 3 heterocycles. The molecule has 0 radical (unpaired) electrons. The van der Waals surface area contributed by atoms with Gasteiger partial charge >= 0.3 is 11.9 Å². The van der Waals surface area contributed by atoms with Crippen LogP contribution in [0.1, 0.15) is 72.1 Å². The molecule has 0 bridgehead atoms. The molecule has 12 nitrogen and oxygen atoms in total. The summed E-state index contributed by atoms with van der Waals surface area (Å²) in [7, 11) is 0. The molecule has 0 spiro atoms. The van der Waals surface area contributed by atoms with Crippen molar-refractivity contribution in [3.05, 3.63) is 11.6 Å². The molecular weight excluding hydrogens is 610 g/mol. The third-order valence-corrected chi connectivity index (χ3v) is 11.8. The Morgan fingerprint density at radius 3 is 2.49 bits per heavy atom. The first kappa shape index (κ1) is 34.9. The van der Waals surface area contributed by atoms with E-state index >= 15 is 0 Å². The van der Waals surface area contributed by atoms with Gasteiger partial charge in [0.25, 0.3) is 0 Å². The lowest BCUT2D eigenvalue weighted by molar-refractivity contribution is -0.303. The Balaban J connectivity index is 1.18. The minimum absolute atomic E-state index is 0.0578. The van der Waals surface area contributed by atoms with Gasteiger partial charge in [-0.3, -0.25) is 19.3 Å². The maximum Gasteiger partial charge on any atom is 0.320 e. The second-order valence-corrected chi connectivity index (χ2v) is 14.9. The van der Waals surface area contributed by atoms with E-state index in [1.165, 1.54) is 0 Å². The van der Waals surface area contributed by atoms with E-state index in [2.05, 4.69) is 6.08 Å². The van der Waals surface area contributed by atoms with Gasteiger partial charge in [0.15, 0.2) is 12.1 Å². The molecule has 3 aliphatic carbocycles. The minimum Gasteiger partial charge on any atom is -0.463 e. The summed E-state index contributed by atoms with van der Waals surface area (Å²) in [6.07, 6.45) is 0.663. The van der Waals surface area contributed by atoms with Crippen LogP contribution in [0.15, 0.2) is 11.6 Å². The maximum atomic E-state index is 14.3. The molecule has 12 heteroatoms. The number of hydrogen-bond donors (Lipinski definition) is 3. The highest BCUT2D eigenvalue weighted by atomic mass is 16.7. The number of morpholine rings is 1. The van der Waals surface area contributed by atoms with E-state index in [9.17, 15) is 29.7 Å². The highest BCUT2D eigenvalue weighted by Crippen LogP contribution is 2.56. The van der Waals surface area contributed by atoms with Gasteiger partial charge in [-0.15, -0.1) is 0 Å². The number of carbonyl (C=O) groups excluding carboxylic acids is 3. The van der Waals surface area contributed by atoms with Crippen molar-refractivity contribution in [3.8, 4) is 0 Å². The Morgan fingerprint density at radius 2 is 1.72 bits per heavy atom. The average Bonchev–Trinajstić information content (AvgIpc) is 3.62. The number of ether oxygens (including phenoxy) is 5. The Labute approximate surface area is 277 Å². The quantitative estimate of drug-likeness (QED) is 0.366. The molecule has 0 aromatic rings. The van der Waals surface area contributed by atoms with Crippen LogP contribution in [0.5, 0.6) is 0 Å². The lowest BCUT2D eigenvalue weighted by Crippen LogP contribution is -2.57. The topological polar surface area (TPSA) is 161 Å². The second kappa shape index (κ2) is 14.9. The van der Waals surface area contributed by atoms with Crippen molar-refractivity contribution in [2.75, 3.05) is 32.8 Å². The Kier molecular flexibility index (Phi) is 11.1. The van der Waals surface area contributed by atoms with Gasteiger partial charge in [0.1, 0.15) is 24.4 Å². The fourth-order valence-electron chi connectivity index (χ4n) is 9.16. The molecule has 6 rings (SSSR count). The fourth-order valence-corrected chi connectivity index (χ4v) is 9.16. The molecule has 0 amide bonds. The molecule has 3 saturated heterocycles. The summed E-state index contributed by atoms with van der Waals surface area (Å²) in [4.78, 5) is 42.6. The van der Waals surface area contributed by atoms with Crippen LogP contribution in [-0.2, 0) is 38.1 Å². The van der Waals surface area contributed by atoms with Gasteiger partial charge < -0.3 is 39.0 Å². The minimum atomic E-state index is -1.36. The monoisotopic (exact) mass is 663 g/mol. The van der Waals surface area contributed by atoms with Gasteiger partial charge in [0.05, 0.1) is 50.4 Å². The Bertz CT molecular complexity index is 1170. The molecule has 264 valence electrons. The number of carbonyl (C=O) groups is 3. The zero-order valence-electron chi connectivity index (χ0n) is 27.9. The van der Waals surface area contributed by atoms with Crippen molar-refractivity contribution in [1.29, 1.82) is 0 Å². The van der Waals surface area contributed by atoms with Crippen LogP contribution in [-0.4, -0.2) is 120 Å². The lowest BCUT2D eigenvalue weighted by Gasteiger charge is -2.40. The molecule has 3 N–H and O–H groups in total. The van der Waals surface area contributed by atoms with E-state index < -0.39 is 42.7 Å². The molecule has 3 aliphatic heterocycles. The number of aliphatic hydroxyl groups is 3. The van der Waals surface area contributed by atoms with E-state index in [0.717, 1.165) is 19.3 Å². The van der Waals surface area contributed by atoms with Gasteiger partial charge in [0.2, 0.25) is 0 Å². The van der Waals surface area contributed by atoms with Gasteiger partial charge in [-0.25, -0.2) is 0 Å². The van der Waals surface area contributed by atoms with Crippen LogP contribution in [0.3, 0.4) is 0 Å². The van der Waals surface area contributed by atoms with E-state index in [1.54, 1.807) is 6.92 Å². The third kappa shape index (κ3) is 7.64. The number of nitrogens with zero attached hydrogens (tertiary/aromatic N) is 1. The first-order chi connectivity index (χ1) is 22.5. The van der Waals surface area contributed by atoms with Crippen LogP contribution in [0.25, 0.3) is 0 Å². The average molecular weight is 664 g/mol. The fraction of sp³-hybridized carbons (Fsp3) is 0.857. The molecule has 14 atom stereocenters. The standard InChI is InChI=1S/C35H53NO11/c1-18-5-4-6-28(47-30(38)17-36-9-11-43-12-10-36)19(2)31(39)27-15-25-23(26(27)16-29(37)44-18)8-7-21-13-22(14-24(21)25)46-35-34(42)33(41)32(40)20(3)45-35/h15,18-26,28,32-35,40-42H,4-14,16-17H2,1-3H3/t18?,19?,20-,21?,22?,23?,24?,25?,26?,28?,32-,33+,34+,35-/m0/s1. The molecule has 0 aromatic heterocycles. The van der Waals surface area contributed by atoms with E-state index in [-0.39, 0.29) is 66.6 Å². The number of hydrogen-bond acceptors (Lipinski definition) is 12. The van der Waals surface area contributed by atoms with Crippen LogP contribution < -0.4 is 0 Å². The molecule has 6 aliphatic rings. The predicted molar refractivity (Wildman–Crippen MR) is 167 cm³/mol.